The minimum Gasteiger partial charge on any atom is -0.493 e. The number of ether oxygens (including phenoxy) is 2. The van der Waals surface area contributed by atoms with E-state index in [0.717, 1.165) is 15.4 Å². The Labute approximate surface area is 166 Å². The third-order valence-electron chi connectivity index (χ3n) is 4.56. The van der Waals surface area contributed by atoms with E-state index in [-0.39, 0.29) is 23.6 Å². The fourth-order valence-corrected chi connectivity index (χ4v) is 5.73. The van der Waals surface area contributed by atoms with Crippen LogP contribution in [0.2, 0.25) is 0 Å². The Morgan fingerprint density at radius 3 is 2.33 bits per heavy atom. The molecule has 9 heteroatoms. The number of methoxy groups -OCH3 is 2. The summed E-state index contributed by atoms with van der Waals surface area (Å²) in [6, 6.07) is 9.33. The van der Waals surface area contributed by atoms with Crippen molar-refractivity contribution in [1.29, 1.82) is 0 Å². The van der Waals surface area contributed by atoms with Crippen LogP contribution in [-0.2, 0) is 27.8 Å². The van der Waals surface area contributed by atoms with Gasteiger partial charge >= 0.3 is 0 Å². The summed E-state index contributed by atoms with van der Waals surface area (Å²) in [5, 5.41) is 0. The van der Waals surface area contributed by atoms with E-state index in [9.17, 15) is 13.2 Å². The standard InChI is InChI=1S/C18H19BrN2O5S/c1-25-15-8-13(19)17(9-16(15)26-2)27(23,24)21-10-12-6-4-3-5-11(12)7-14(21)18(20)22/h3-6,8-9,14H,7,10H2,1-2H3,(H2,20,22)/t14-/m0/s1. The largest absolute Gasteiger partial charge is 0.493 e. The quantitative estimate of drug-likeness (QED) is 0.745. The maximum Gasteiger partial charge on any atom is 0.245 e. The lowest BCUT2D eigenvalue weighted by Crippen LogP contribution is -2.51. The second-order valence-corrected chi connectivity index (χ2v) is 8.79. The van der Waals surface area contributed by atoms with Crippen LogP contribution in [0.5, 0.6) is 11.5 Å². The molecule has 27 heavy (non-hydrogen) atoms. The van der Waals surface area contributed by atoms with Gasteiger partial charge in [-0.25, -0.2) is 8.42 Å². The minimum atomic E-state index is -4.04. The molecular formula is C18H19BrN2O5S. The highest BCUT2D eigenvalue weighted by Crippen LogP contribution is 2.38. The fourth-order valence-electron chi connectivity index (χ4n) is 3.15. The molecule has 1 atom stereocenters. The van der Waals surface area contributed by atoms with Crippen molar-refractivity contribution in [2.45, 2.75) is 23.9 Å². The Kier molecular flexibility index (Phi) is 5.45. The van der Waals surface area contributed by atoms with Crippen LogP contribution in [0.1, 0.15) is 11.1 Å². The number of nitrogens with two attached hydrogens (primary N) is 1. The van der Waals surface area contributed by atoms with Gasteiger partial charge in [0, 0.05) is 17.1 Å². The molecular weight excluding hydrogens is 436 g/mol. The third kappa shape index (κ3) is 3.54. The predicted octanol–water partition coefficient (Wildman–Crippen LogP) is 2.07. The van der Waals surface area contributed by atoms with E-state index >= 15 is 0 Å². The number of nitrogens with zero attached hydrogens (tertiary/aromatic N) is 1. The van der Waals surface area contributed by atoms with Gasteiger partial charge in [0.05, 0.1) is 14.2 Å². The van der Waals surface area contributed by atoms with Crippen molar-refractivity contribution in [2.24, 2.45) is 5.73 Å². The molecule has 0 aliphatic carbocycles. The van der Waals surface area contributed by atoms with Crippen LogP contribution in [0.3, 0.4) is 0 Å². The summed E-state index contributed by atoms with van der Waals surface area (Å²) in [5.74, 6) is -0.0317. The van der Waals surface area contributed by atoms with Crippen molar-refractivity contribution < 1.29 is 22.7 Å². The lowest BCUT2D eigenvalue weighted by Gasteiger charge is -2.34. The fraction of sp³-hybridized carbons (Fsp3) is 0.278. The first-order valence-corrected chi connectivity index (χ1v) is 10.3. The SMILES string of the molecule is COc1cc(Br)c(S(=O)(=O)N2Cc3ccccc3C[C@H]2C(N)=O)cc1OC. The summed E-state index contributed by atoms with van der Waals surface area (Å²) in [6.45, 7) is 0.0624. The van der Waals surface area contributed by atoms with Crippen LogP contribution in [-0.4, -0.2) is 38.9 Å². The number of sulfonamides is 1. The van der Waals surface area contributed by atoms with Crippen LogP contribution in [0.4, 0.5) is 0 Å². The number of primary amides is 1. The van der Waals surface area contributed by atoms with Crippen molar-refractivity contribution in [3.63, 3.8) is 0 Å². The average Bonchev–Trinajstić information content (AvgIpc) is 2.66. The molecule has 0 radical (unpaired) electrons. The van der Waals surface area contributed by atoms with Crippen LogP contribution >= 0.6 is 15.9 Å². The summed E-state index contributed by atoms with van der Waals surface area (Å²) in [6.07, 6.45) is 0.232. The number of rotatable bonds is 5. The van der Waals surface area contributed by atoms with Crippen molar-refractivity contribution in [3.05, 3.63) is 52.0 Å². The van der Waals surface area contributed by atoms with Crippen molar-refractivity contribution in [1.82, 2.24) is 4.31 Å². The number of amides is 1. The smallest absolute Gasteiger partial charge is 0.245 e. The van der Waals surface area contributed by atoms with Gasteiger partial charge < -0.3 is 15.2 Å². The van der Waals surface area contributed by atoms with Gasteiger partial charge in [0.1, 0.15) is 10.9 Å². The molecule has 0 aromatic heterocycles. The maximum absolute atomic E-state index is 13.4. The normalized spacial score (nSPS) is 17.2. The zero-order chi connectivity index (χ0) is 19.8. The highest BCUT2D eigenvalue weighted by molar-refractivity contribution is 9.10. The first kappa shape index (κ1) is 19.7. The molecule has 2 aromatic rings. The molecule has 2 N–H and O–H groups in total. The van der Waals surface area contributed by atoms with Gasteiger partial charge in [0.25, 0.3) is 0 Å². The van der Waals surface area contributed by atoms with Gasteiger partial charge in [-0.2, -0.15) is 4.31 Å². The van der Waals surface area contributed by atoms with Crippen LogP contribution in [0, 0.1) is 0 Å². The Balaban J connectivity index is 2.12. The molecule has 1 aliphatic heterocycles. The highest BCUT2D eigenvalue weighted by Gasteiger charge is 2.39. The molecule has 1 amide bonds. The van der Waals surface area contributed by atoms with E-state index in [1.165, 1.54) is 26.4 Å². The second kappa shape index (κ2) is 7.49. The van der Waals surface area contributed by atoms with Gasteiger partial charge in [0.2, 0.25) is 15.9 Å². The maximum atomic E-state index is 13.4. The van der Waals surface area contributed by atoms with E-state index < -0.39 is 22.0 Å². The summed E-state index contributed by atoms with van der Waals surface area (Å²) in [4.78, 5) is 12.0. The Hall–Kier alpha value is -2.10. The molecule has 1 heterocycles. The molecule has 7 nitrogen and oxygen atoms in total. The second-order valence-electron chi connectivity index (χ2n) is 6.08. The molecule has 0 saturated carbocycles. The van der Waals surface area contributed by atoms with E-state index in [2.05, 4.69) is 15.9 Å². The van der Waals surface area contributed by atoms with Gasteiger partial charge in [-0.05, 0) is 39.5 Å². The van der Waals surface area contributed by atoms with Gasteiger partial charge in [-0.3, -0.25) is 4.79 Å². The molecule has 0 spiro atoms. The first-order chi connectivity index (χ1) is 12.8. The topological polar surface area (TPSA) is 98.9 Å². The molecule has 1 aliphatic rings. The molecule has 0 saturated heterocycles. The number of halogens is 1. The van der Waals surface area contributed by atoms with Crippen LogP contribution in [0.15, 0.2) is 45.8 Å². The third-order valence-corrected chi connectivity index (χ3v) is 7.37. The number of carbonyl (C=O) groups excluding carboxylic acids is 1. The molecule has 0 fully saturated rings. The van der Waals surface area contributed by atoms with E-state index in [1.807, 2.05) is 24.3 Å². The highest BCUT2D eigenvalue weighted by atomic mass is 79.9. The molecule has 0 bridgehead atoms. The number of hydrogen-bond donors (Lipinski definition) is 1. The van der Waals surface area contributed by atoms with Crippen molar-refractivity contribution in [2.75, 3.05) is 14.2 Å². The lowest BCUT2D eigenvalue weighted by molar-refractivity contribution is -0.122. The van der Waals surface area contributed by atoms with E-state index in [1.54, 1.807) is 0 Å². The van der Waals surface area contributed by atoms with Crippen molar-refractivity contribution >= 4 is 31.9 Å². The lowest BCUT2D eigenvalue weighted by atomic mass is 9.96. The van der Waals surface area contributed by atoms with E-state index in [0.29, 0.717) is 10.2 Å². The van der Waals surface area contributed by atoms with Gasteiger partial charge in [0.15, 0.2) is 11.5 Å². The average molecular weight is 455 g/mol. The Morgan fingerprint density at radius 2 is 1.74 bits per heavy atom. The molecule has 0 unspecified atom stereocenters. The number of fused-ring (bicyclic) bond motifs is 1. The predicted molar refractivity (Wildman–Crippen MR) is 103 cm³/mol. The molecule has 3 rings (SSSR count). The minimum absolute atomic E-state index is 0.0224. The Bertz CT molecular complexity index is 993. The zero-order valence-electron chi connectivity index (χ0n) is 14.8. The van der Waals surface area contributed by atoms with E-state index in [4.69, 9.17) is 15.2 Å². The summed E-state index contributed by atoms with van der Waals surface area (Å²) >= 11 is 3.28. The zero-order valence-corrected chi connectivity index (χ0v) is 17.2. The van der Waals surface area contributed by atoms with Gasteiger partial charge in [-0.1, -0.05) is 24.3 Å². The number of carbonyl (C=O) groups is 1. The summed E-state index contributed by atoms with van der Waals surface area (Å²) in [5.41, 5.74) is 7.29. The summed E-state index contributed by atoms with van der Waals surface area (Å²) < 4.78 is 38.7. The van der Waals surface area contributed by atoms with Gasteiger partial charge in [-0.15, -0.1) is 0 Å². The molecule has 144 valence electrons. The van der Waals surface area contributed by atoms with Crippen LogP contribution < -0.4 is 15.2 Å². The number of benzene rings is 2. The van der Waals surface area contributed by atoms with Crippen LogP contribution in [0.25, 0.3) is 0 Å². The molecule has 2 aromatic carbocycles. The summed E-state index contributed by atoms with van der Waals surface area (Å²) in [7, 11) is -1.15. The monoisotopic (exact) mass is 454 g/mol. The number of hydrogen-bond acceptors (Lipinski definition) is 5. The first-order valence-electron chi connectivity index (χ1n) is 8.09. The Morgan fingerprint density at radius 1 is 1.15 bits per heavy atom. The van der Waals surface area contributed by atoms with Crippen molar-refractivity contribution in [3.8, 4) is 11.5 Å².